The van der Waals surface area contributed by atoms with Gasteiger partial charge in [-0.15, -0.1) is 9.50 Å². The van der Waals surface area contributed by atoms with E-state index < -0.39 is 21.7 Å². The number of carbonyl (C=O) groups is 1. The maximum atomic E-state index is 14.2. The van der Waals surface area contributed by atoms with E-state index in [4.69, 9.17) is 0 Å². The van der Waals surface area contributed by atoms with Crippen molar-refractivity contribution in [2.45, 2.75) is 11.8 Å². The van der Waals surface area contributed by atoms with Gasteiger partial charge in [0.05, 0.1) is 0 Å². The number of anilines is 2. The lowest BCUT2D eigenvalue weighted by Crippen LogP contribution is -2.14. The van der Waals surface area contributed by atoms with Crippen LogP contribution >= 0.6 is 0 Å². The predicted octanol–water partition coefficient (Wildman–Crippen LogP) is 2.92. The number of aromatic nitrogens is 4. The largest absolute Gasteiger partial charge is 0.339 e. The van der Waals surface area contributed by atoms with Gasteiger partial charge in [0.1, 0.15) is 16.4 Å². The first-order valence-corrected chi connectivity index (χ1v) is 11.4. The molecule has 12 heteroatoms. The van der Waals surface area contributed by atoms with Crippen LogP contribution < -0.4 is 10.6 Å². The fourth-order valence-electron chi connectivity index (χ4n) is 3.45. The Morgan fingerprint density at radius 1 is 1.00 bits per heavy atom. The molecular weight excluding hydrogens is 461 g/mol. The van der Waals surface area contributed by atoms with Crippen LogP contribution in [0.2, 0.25) is 0 Å². The van der Waals surface area contributed by atoms with Crippen LogP contribution in [-0.2, 0) is 10.0 Å². The summed E-state index contributed by atoms with van der Waals surface area (Å²) in [5.74, 6) is -0.344. The van der Waals surface area contributed by atoms with Crippen molar-refractivity contribution in [3.05, 3.63) is 89.5 Å². The maximum absolute atomic E-state index is 14.2. The topological polar surface area (TPSA) is 131 Å². The molecule has 1 aliphatic heterocycles. The number of nitrogens with zero attached hydrogens (tertiary/aromatic N) is 5. The van der Waals surface area contributed by atoms with E-state index in [-0.39, 0.29) is 16.4 Å². The van der Waals surface area contributed by atoms with Gasteiger partial charge in [0.25, 0.3) is 15.9 Å². The number of fused-ring (bicyclic) bond motifs is 1. The number of hydrogen-bond acceptors (Lipinski definition) is 7. The van der Waals surface area contributed by atoms with E-state index in [1.807, 2.05) is 0 Å². The third kappa shape index (κ3) is 3.90. The molecule has 2 N–H and O–H groups in total. The fourth-order valence-corrected chi connectivity index (χ4v) is 4.62. The minimum Gasteiger partial charge on any atom is -0.339 e. The second-order valence-corrected chi connectivity index (χ2v) is 8.94. The first-order chi connectivity index (χ1) is 16.3. The lowest BCUT2D eigenvalue weighted by Gasteiger charge is -2.10. The molecule has 0 unspecified atom stereocenters. The van der Waals surface area contributed by atoms with Crippen molar-refractivity contribution in [2.24, 2.45) is 4.40 Å². The van der Waals surface area contributed by atoms with Crippen LogP contribution in [0.3, 0.4) is 0 Å². The Balaban J connectivity index is 1.32. The van der Waals surface area contributed by atoms with Gasteiger partial charge in [0, 0.05) is 22.5 Å². The lowest BCUT2D eigenvalue weighted by atomic mass is 10.1. The van der Waals surface area contributed by atoms with Crippen molar-refractivity contribution in [2.75, 3.05) is 10.6 Å². The van der Waals surface area contributed by atoms with Crippen LogP contribution in [0.1, 0.15) is 21.7 Å². The predicted molar refractivity (Wildman–Crippen MR) is 122 cm³/mol. The zero-order valence-electron chi connectivity index (χ0n) is 17.6. The highest BCUT2D eigenvalue weighted by molar-refractivity contribution is 7.90. The molecule has 1 aliphatic rings. The van der Waals surface area contributed by atoms with Gasteiger partial charge >= 0.3 is 0 Å². The molecule has 34 heavy (non-hydrogen) atoms. The molecule has 5 rings (SSSR count). The molecule has 170 valence electrons. The molecule has 0 bridgehead atoms. The number of carbonyl (C=O) groups excluding carboxylic acids is 1. The highest BCUT2D eigenvalue weighted by Crippen LogP contribution is 2.27. The Kier molecular flexibility index (Phi) is 5.13. The number of tetrazole rings is 1. The summed E-state index contributed by atoms with van der Waals surface area (Å²) in [4.78, 5) is 12.8. The molecule has 1 aromatic heterocycles. The van der Waals surface area contributed by atoms with Crippen LogP contribution in [-0.4, -0.2) is 40.4 Å². The molecule has 0 spiro atoms. The fraction of sp³-hybridized carbons (Fsp3) is 0.0455. The number of sulfonamides is 1. The zero-order valence-corrected chi connectivity index (χ0v) is 18.4. The summed E-state index contributed by atoms with van der Waals surface area (Å²) < 4.78 is 43.7. The Morgan fingerprint density at radius 2 is 1.74 bits per heavy atom. The smallest absolute Gasteiger partial charge is 0.285 e. The van der Waals surface area contributed by atoms with E-state index in [9.17, 15) is 17.6 Å². The van der Waals surface area contributed by atoms with Crippen LogP contribution in [0.5, 0.6) is 0 Å². The van der Waals surface area contributed by atoms with Gasteiger partial charge in [-0.1, -0.05) is 12.1 Å². The molecule has 1 amide bonds. The first-order valence-electron chi connectivity index (χ1n) is 9.99. The summed E-state index contributed by atoms with van der Waals surface area (Å²) in [5, 5.41) is 16.7. The molecule has 10 nitrogen and oxygen atoms in total. The highest BCUT2D eigenvalue weighted by atomic mass is 32.2. The summed E-state index contributed by atoms with van der Waals surface area (Å²) in [5.41, 5.74) is 1.85. The molecular formula is C22H16FN7O3S. The SMILES string of the molecule is Cc1nnnn1-c1cc(NC(=O)c2ccc(NC3=NS(=O)(=O)c4ccccc43)cc2)ccc1F. The number of halogens is 1. The molecule has 0 fully saturated rings. The van der Waals surface area contributed by atoms with Crippen molar-refractivity contribution in [1.29, 1.82) is 0 Å². The average molecular weight is 477 g/mol. The zero-order chi connectivity index (χ0) is 23.9. The molecule has 0 saturated carbocycles. The molecule has 3 aromatic carbocycles. The van der Waals surface area contributed by atoms with Gasteiger partial charge in [-0.25, -0.2) is 4.39 Å². The Morgan fingerprint density at radius 3 is 2.47 bits per heavy atom. The van der Waals surface area contributed by atoms with Crippen molar-refractivity contribution in [1.82, 2.24) is 20.2 Å². The van der Waals surface area contributed by atoms with E-state index in [0.29, 0.717) is 28.3 Å². The first kappa shape index (κ1) is 21.4. The van der Waals surface area contributed by atoms with Crippen LogP contribution in [0.4, 0.5) is 15.8 Å². The van der Waals surface area contributed by atoms with E-state index in [1.165, 1.54) is 28.9 Å². The van der Waals surface area contributed by atoms with Crippen LogP contribution in [0.25, 0.3) is 5.69 Å². The Hall–Kier alpha value is -4.45. The normalized spacial score (nSPS) is 13.8. The Bertz CT molecular complexity index is 1560. The van der Waals surface area contributed by atoms with Gasteiger partial charge in [0.15, 0.2) is 11.7 Å². The average Bonchev–Trinajstić information content (AvgIpc) is 3.36. The standard InChI is InChI=1S/C22H16FN7O3S/c1-13-26-28-29-30(13)19-12-16(10-11-18(19)23)25-22(31)14-6-8-15(9-7-14)24-21-17-4-2-3-5-20(17)34(32,33)27-21/h2-12H,1H3,(H,24,27)(H,25,31). The highest BCUT2D eigenvalue weighted by Gasteiger charge is 2.28. The number of nitrogens with one attached hydrogen (secondary N) is 2. The molecule has 0 aliphatic carbocycles. The van der Waals surface area contributed by atoms with Gasteiger partial charge in [-0.05, 0) is 71.9 Å². The summed E-state index contributed by atoms with van der Waals surface area (Å²) in [7, 11) is -3.74. The van der Waals surface area contributed by atoms with Crippen molar-refractivity contribution < 1.29 is 17.6 Å². The minimum absolute atomic E-state index is 0.104. The van der Waals surface area contributed by atoms with Crippen molar-refractivity contribution in [3.8, 4) is 5.69 Å². The number of hydrogen-bond donors (Lipinski definition) is 2. The van der Waals surface area contributed by atoms with Gasteiger partial charge in [-0.3, -0.25) is 4.79 Å². The summed E-state index contributed by atoms with van der Waals surface area (Å²) in [6, 6.07) is 17.0. The monoisotopic (exact) mass is 477 g/mol. The minimum atomic E-state index is -3.74. The third-order valence-corrected chi connectivity index (χ3v) is 6.43. The van der Waals surface area contributed by atoms with Crippen LogP contribution in [0, 0.1) is 12.7 Å². The number of amides is 1. The third-order valence-electron chi connectivity index (χ3n) is 5.10. The maximum Gasteiger partial charge on any atom is 0.285 e. The van der Waals surface area contributed by atoms with E-state index in [0.717, 1.165) is 0 Å². The van der Waals surface area contributed by atoms with Crippen molar-refractivity contribution >= 4 is 33.1 Å². The molecule has 0 atom stereocenters. The lowest BCUT2D eigenvalue weighted by molar-refractivity contribution is 0.102. The van der Waals surface area contributed by atoms with Crippen molar-refractivity contribution in [3.63, 3.8) is 0 Å². The number of amidine groups is 1. The quantitative estimate of drug-likeness (QED) is 0.462. The number of aryl methyl sites for hydroxylation is 1. The second kappa shape index (κ2) is 8.15. The van der Waals surface area contributed by atoms with Gasteiger partial charge in [-0.2, -0.15) is 13.1 Å². The molecule has 4 aromatic rings. The summed E-state index contributed by atoms with van der Waals surface area (Å²) >= 11 is 0. The second-order valence-electron chi connectivity index (χ2n) is 7.37. The van der Waals surface area contributed by atoms with E-state index in [2.05, 4.69) is 30.6 Å². The summed E-state index contributed by atoms with van der Waals surface area (Å²) in [6.45, 7) is 1.63. The Labute approximate surface area is 193 Å². The molecule has 0 radical (unpaired) electrons. The van der Waals surface area contributed by atoms with Gasteiger partial charge < -0.3 is 10.6 Å². The number of benzene rings is 3. The molecule has 2 heterocycles. The summed E-state index contributed by atoms with van der Waals surface area (Å²) in [6.07, 6.45) is 0. The van der Waals surface area contributed by atoms with E-state index >= 15 is 0 Å². The van der Waals surface area contributed by atoms with E-state index in [1.54, 1.807) is 49.4 Å². The number of rotatable bonds is 4. The molecule has 0 saturated heterocycles. The van der Waals surface area contributed by atoms with Crippen LogP contribution in [0.15, 0.2) is 76.0 Å². The van der Waals surface area contributed by atoms with Gasteiger partial charge in [0.2, 0.25) is 0 Å².